The van der Waals surface area contributed by atoms with E-state index in [2.05, 4.69) is 6.92 Å². The molecule has 3 N–H and O–H groups in total. The summed E-state index contributed by atoms with van der Waals surface area (Å²) in [5.74, 6) is -0.564. The molecule has 3 heteroatoms. The van der Waals surface area contributed by atoms with Crippen LogP contribution in [-0.2, 0) is 4.79 Å². The van der Waals surface area contributed by atoms with Gasteiger partial charge in [0.05, 0.1) is 5.92 Å². The minimum absolute atomic E-state index is 0.112. The van der Waals surface area contributed by atoms with Crippen LogP contribution in [-0.4, -0.2) is 17.1 Å². The van der Waals surface area contributed by atoms with Crippen LogP contribution in [0.2, 0.25) is 0 Å². The molecule has 1 saturated carbocycles. The smallest absolute Gasteiger partial charge is 0.306 e. The molecular weight excluding hydrogens is 142 g/mol. The molecule has 0 radical (unpaired) electrons. The van der Waals surface area contributed by atoms with E-state index in [1.807, 2.05) is 0 Å². The highest BCUT2D eigenvalue weighted by molar-refractivity contribution is 5.73. The van der Waals surface area contributed by atoms with Gasteiger partial charge < -0.3 is 10.8 Å². The first-order valence-corrected chi connectivity index (χ1v) is 4.15. The molecule has 1 aliphatic rings. The average Bonchev–Trinajstić information content (AvgIpc) is 2.65. The molecule has 3 unspecified atom stereocenters. The van der Waals surface area contributed by atoms with Crippen molar-refractivity contribution in [3.8, 4) is 0 Å². The number of carboxylic acid groups (broad SMARTS) is 1. The lowest BCUT2D eigenvalue weighted by atomic mass is 10.1. The second-order valence-electron chi connectivity index (χ2n) is 3.30. The maximum absolute atomic E-state index is 10.4. The Labute approximate surface area is 66.6 Å². The molecule has 64 valence electrons. The molecule has 0 aromatic carbocycles. The highest BCUT2D eigenvalue weighted by atomic mass is 16.4. The average molecular weight is 157 g/mol. The number of hydrogen-bond acceptors (Lipinski definition) is 2. The van der Waals surface area contributed by atoms with E-state index in [0.29, 0.717) is 0 Å². The van der Waals surface area contributed by atoms with Crippen LogP contribution in [0.4, 0.5) is 0 Å². The van der Waals surface area contributed by atoms with Crippen molar-refractivity contribution in [1.82, 2.24) is 0 Å². The fourth-order valence-electron chi connectivity index (χ4n) is 1.52. The second-order valence-corrected chi connectivity index (χ2v) is 3.30. The zero-order chi connectivity index (χ0) is 8.43. The monoisotopic (exact) mass is 157 g/mol. The SMILES string of the molecule is CCCC(N)C1CC1C(=O)O. The van der Waals surface area contributed by atoms with Gasteiger partial charge in [-0.05, 0) is 18.8 Å². The Bertz CT molecular complexity index is 158. The van der Waals surface area contributed by atoms with Crippen molar-refractivity contribution in [2.24, 2.45) is 17.6 Å². The highest BCUT2D eigenvalue weighted by Gasteiger charge is 2.46. The van der Waals surface area contributed by atoms with E-state index >= 15 is 0 Å². The fourth-order valence-corrected chi connectivity index (χ4v) is 1.52. The number of hydrogen-bond donors (Lipinski definition) is 2. The zero-order valence-electron chi connectivity index (χ0n) is 6.79. The van der Waals surface area contributed by atoms with E-state index in [1.54, 1.807) is 0 Å². The second kappa shape index (κ2) is 3.22. The van der Waals surface area contributed by atoms with E-state index in [0.717, 1.165) is 19.3 Å². The van der Waals surface area contributed by atoms with E-state index in [4.69, 9.17) is 10.8 Å². The van der Waals surface area contributed by atoms with Gasteiger partial charge in [-0.15, -0.1) is 0 Å². The third kappa shape index (κ3) is 1.93. The van der Waals surface area contributed by atoms with Crippen LogP contribution in [0.3, 0.4) is 0 Å². The lowest BCUT2D eigenvalue weighted by Crippen LogP contribution is -2.24. The van der Waals surface area contributed by atoms with Crippen molar-refractivity contribution in [1.29, 1.82) is 0 Å². The van der Waals surface area contributed by atoms with Crippen LogP contribution in [0.5, 0.6) is 0 Å². The first-order chi connectivity index (χ1) is 5.16. The van der Waals surface area contributed by atoms with Crippen molar-refractivity contribution in [3.05, 3.63) is 0 Å². The van der Waals surface area contributed by atoms with Crippen LogP contribution in [0, 0.1) is 11.8 Å². The van der Waals surface area contributed by atoms with Gasteiger partial charge in [-0.25, -0.2) is 0 Å². The first-order valence-electron chi connectivity index (χ1n) is 4.15. The Morgan fingerprint density at radius 3 is 2.82 bits per heavy atom. The quantitative estimate of drug-likeness (QED) is 0.635. The summed E-state index contributed by atoms with van der Waals surface area (Å²) in [4.78, 5) is 10.4. The molecule has 0 aromatic heterocycles. The summed E-state index contributed by atoms with van der Waals surface area (Å²) in [7, 11) is 0. The van der Waals surface area contributed by atoms with Crippen LogP contribution in [0.1, 0.15) is 26.2 Å². The Morgan fingerprint density at radius 1 is 1.82 bits per heavy atom. The van der Waals surface area contributed by atoms with Gasteiger partial charge >= 0.3 is 5.97 Å². The van der Waals surface area contributed by atoms with Crippen molar-refractivity contribution in [2.45, 2.75) is 32.2 Å². The predicted molar refractivity (Wildman–Crippen MR) is 42.1 cm³/mol. The summed E-state index contributed by atoms with van der Waals surface area (Å²) in [5, 5.41) is 8.59. The number of rotatable bonds is 4. The molecule has 0 saturated heterocycles. The minimum atomic E-state index is -0.679. The van der Waals surface area contributed by atoms with Gasteiger partial charge in [0.25, 0.3) is 0 Å². The van der Waals surface area contributed by atoms with Crippen molar-refractivity contribution in [2.75, 3.05) is 0 Å². The number of carboxylic acids is 1. The molecule has 0 spiro atoms. The van der Waals surface area contributed by atoms with Crippen LogP contribution < -0.4 is 5.73 Å². The Balaban J connectivity index is 2.25. The van der Waals surface area contributed by atoms with Gasteiger partial charge in [0.2, 0.25) is 0 Å². The molecule has 1 aliphatic carbocycles. The molecule has 0 bridgehead atoms. The lowest BCUT2D eigenvalue weighted by Gasteiger charge is -2.07. The summed E-state index contributed by atoms with van der Waals surface area (Å²) in [6, 6.07) is 0.112. The molecule has 3 atom stereocenters. The lowest BCUT2D eigenvalue weighted by molar-refractivity contribution is -0.138. The third-order valence-corrected chi connectivity index (χ3v) is 2.33. The third-order valence-electron chi connectivity index (χ3n) is 2.33. The number of aliphatic carboxylic acids is 1. The summed E-state index contributed by atoms with van der Waals surface area (Å²) < 4.78 is 0. The van der Waals surface area contributed by atoms with E-state index in [1.165, 1.54) is 0 Å². The van der Waals surface area contributed by atoms with E-state index in [-0.39, 0.29) is 17.9 Å². The standard InChI is InChI=1S/C8H15NO2/c1-2-3-7(9)5-4-6(5)8(10)11/h5-7H,2-4,9H2,1H3,(H,10,11). The molecule has 0 aromatic rings. The van der Waals surface area contributed by atoms with Crippen LogP contribution >= 0.6 is 0 Å². The molecule has 1 fully saturated rings. The van der Waals surface area contributed by atoms with Crippen molar-refractivity contribution >= 4 is 5.97 Å². The number of carbonyl (C=O) groups is 1. The predicted octanol–water partition coefficient (Wildman–Crippen LogP) is 0.835. The molecular formula is C8H15NO2. The fraction of sp³-hybridized carbons (Fsp3) is 0.875. The normalized spacial score (nSPS) is 31.5. The van der Waals surface area contributed by atoms with Gasteiger partial charge in [-0.3, -0.25) is 4.79 Å². The molecule has 1 rings (SSSR count). The topological polar surface area (TPSA) is 63.3 Å². The maximum Gasteiger partial charge on any atom is 0.306 e. The minimum Gasteiger partial charge on any atom is -0.481 e. The first kappa shape index (κ1) is 8.53. The number of nitrogens with two attached hydrogens (primary N) is 1. The molecule has 11 heavy (non-hydrogen) atoms. The van der Waals surface area contributed by atoms with Crippen molar-refractivity contribution < 1.29 is 9.90 Å². The van der Waals surface area contributed by atoms with Gasteiger partial charge in [0.1, 0.15) is 0 Å². The van der Waals surface area contributed by atoms with Gasteiger partial charge in [-0.2, -0.15) is 0 Å². The maximum atomic E-state index is 10.4. The summed E-state index contributed by atoms with van der Waals surface area (Å²) in [5.41, 5.74) is 5.75. The van der Waals surface area contributed by atoms with Crippen molar-refractivity contribution in [3.63, 3.8) is 0 Å². The van der Waals surface area contributed by atoms with Crippen LogP contribution in [0.25, 0.3) is 0 Å². The Morgan fingerprint density at radius 2 is 2.45 bits per heavy atom. The van der Waals surface area contributed by atoms with Gasteiger partial charge in [0.15, 0.2) is 0 Å². The van der Waals surface area contributed by atoms with Gasteiger partial charge in [0, 0.05) is 6.04 Å². The van der Waals surface area contributed by atoms with E-state index in [9.17, 15) is 4.79 Å². The zero-order valence-corrected chi connectivity index (χ0v) is 6.79. The summed E-state index contributed by atoms with van der Waals surface area (Å²) >= 11 is 0. The largest absolute Gasteiger partial charge is 0.481 e. The van der Waals surface area contributed by atoms with Gasteiger partial charge in [-0.1, -0.05) is 13.3 Å². The molecule has 0 amide bonds. The van der Waals surface area contributed by atoms with E-state index < -0.39 is 5.97 Å². The highest BCUT2D eigenvalue weighted by Crippen LogP contribution is 2.41. The Hall–Kier alpha value is -0.570. The van der Waals surface area contributed by atoms with Crippen LogP contribution in [0.15, 0.2) is 0 Å². The summed E-state index contributed by atoms with van der Waals surface area (Å²) in [6.07, 6.45) is 2.79. The summed E-state index contributed by atoms with van der Waals surface area (Å²) in [6.45, 7) is 2.07. The molecule has 0 heterocycles. The molecule has 0 aliphatic heterocycles. The Kier molecular flexibility index (Phi) is 2.49. The molecule has 3 nitrogen and oxygen atoms in total.